The van der Waals surface area contributed by atoms with E-state index in [2.05, 4.69) is 20.3 Å². The van der Waals surface area contributed by atoms with Gasteiger partial charge in [0.1, 0.15) is 0 Å². The molecule has 0 aliphatic heterocycles. The Hall–Kier alpha value is -3.79. The molecular weight excluding hydrogens is 394 g/mol. The second-order valence-electron chi connectivity index (χ2n) is 6.43. The van der Waals surface area contributed by atoms with Gasteiger partial charge in [0.15, 0.2) is 0 Å². The van der Waals surface area contributed by atoms with E-state index in [1.807, 2.05) is 0 Å². The molecule has 144 valence electrons. The van der Waals surface area contributed by atoms with Crippen LogP contribution < -0.4 is 5.56 Å². The van der Waals surface area contributed by atoms with Gasteiger partial charge in [0.2, 0.25) is 15.6 Å². The predicted octanol–water partition coefficient (Wildman–Crippen LogP) is 2.14. The van der Waals surface area contributed by atoms with Crippen molar-refractivity contribution in [2.24, 2.45) is 0 Å². The van der Waals surface area contributed by atoms with E-state index in [0.717, 1.165) is 5.69 Å². The number of nitrogens with zero attached hydrogens (tertiary/aromatic N) is 4. The summed E-state index contributed by atoms with van der Waals surface area (Å²) >= 11 is 0. The number of furan rings is 1. The van der Waals surface area contributed by atoms with Gasteiger partial charge < -0.3 is 4.42 Å². The van der Waals surface area contributed by atoms with Gasteiger partial charge in [0.25, 0.3) is 5.56 Å². The molecule has 0 spiro atoms. The number of aromatic nitrogens is 5. The molecule has 5 aromatic rings. The monoisotopic (exact) mass is 407 g/mol. The van der Waals surface area contributed by atoms with Crippen LogP contribution in [0, 0.1) is 0 Å². The average Bonchev–Trinajstić information content (AvgIpc) is 3.41. The first kappa shape index (κ1) is 17.3. The number of rotatable bonds is 4. The number of benzene rings is 1. The Labute approximate surface area is 163 Å². The van der Waals surface area contributed by atoms with Gasteiger partial charge in [-0.25, -0.2) is 18.1 Å². The van der Waals surface area contributed by atoms with Gasteiger partial charge in [0, 0.05) is 23.2 Å². The molecule has 0 aliphatic rings. The normalized spacial score (nSPS) is 12.0. The van der Waals surface area contributed by atoms with Gasteiger partial charge in [-0.3, -0.25) is 9.89 Å². The molecule has 1 aromatic carbocycles. The lowest BCUT2D eigenvalue weighted by atomic mass is 10.2. The third kappa shape index (κ3) is 2.90. The number of hydrogen-bond donors (Lipinski definition) is 1. The van der Waals surface area contributed by atoms with Crippen molar-refractivity contribution in [2.45, 2.75) is 16.3 Å². The summed E-state index contributed by atoms with van der Waals surface area (Å²) in [5.74, 6) is 0. The highest BCUT2D eigenvalue weighted by atomic mass is 32.2. The van der Waals surface area contributed by atoms with Crippen molar-refractivity contribution in [1.29, 1.82) is 0 Å². The molecule has 29 heavy (non-hydrogen) atoms. The molecule has 10 heteroatoms. The first-order valence-electron chi connectivity index (χ1n) is 8.59. The Balaban J connectivity index is 1.58. The summed E-state index contributed by atoms with van der Waals surface area (Å²) < 4.78 is 32.5. The standard InChI is InChI=1S/C19H13N5O4S/c25-19-17-2-1-15(8-13(17)9-22-24(19)11-14-3-5-21-23-14)29(26,27)16-7-12-4-6-28-18(12)20-10-16/h1-10H,11H2,(H,21,23). The second-order valence-corrected chi connectivity index (χ2v) is 8.38. The maximum atomic E-state index is 13.0. The lowest BCUT2D eigenvalue weighted by Gasteiger charge is -2.08. The summed E-state index contributed by atoms with van der Waals surface area (Å²) in [6, 6.07) is 9.26. The molecule has 0 bridgehead atoms. The second kappa shape index (κ2) is 6.38. The number of H-pyrrole nitrogens is 1. The zero-order valence-corrected chi connectivity index (χ0v) is 15.6. The van der Waals surface area contributed by atoms with Crippen LogP contribution >= 0.6 is 0 Å². The van der Waals surface area contributed by atoms with Crippen molar-refractivity contribution < 1.29 is 12.8 Å². The number of aromatic amines is 1. The summed E-state index contributed by atoms with van der Waals surface area (Å²) in [6.45, 7) is 0.241. The molecule has 1 N–H and O–H groups in total. The van der Waals surface area contributed by atoms with Crippen LogP contribution in [-0.4, -0.2) is 33.4 Å². The van der Waals surface area contributed by atoms with Crippen molar-refractivity contribution >= 4 is 31.7 Å². The van der Waals surface area contributed by atoms with E-state index in [-0.39, 0.29) is 21.9 Å². The van der Waals surface area contributed by atoms with E-state index < -0.39 is 9.84 Å². The highest BCUT2D eigenvalue weighted by Gasteiger charge is 2.20. The highest BCUT2D eigenvalue weighted by Crippen LogP contribution is 2.25. The van der Waals surface area contributed by atoms with Gasteiger partial charge >= 0.3 is 0 Å². The lowest BCUT2D eigenvalue weighted by Crippen LogP contribution is -2.23. The highest BCUT2D eigenvalue weighted by molar-refractivity contribution is 7.91. The largest absolute Gasteiger partial charge is 0.446 e. The fraction of sp³-hybridized carbons (Fsp3) is 0.0526. The number of pyridine rings is 1. The zero-order chi connectivity index (χ0) is 20.0. The number of hydrogen-bond acceptors (Lipinski definition) is 7. The van der Waals surface area contributed by atoms with E-state index in [1.165, 1.54) is 47.6 Å². The molecule has 4 heterocycles. The minimum absolute atomic E-state index is 0.0475. The molecular formula is C19H13N5O4S. The van der Waals surface area contributed by atoms with E-state index in [4.69, 9.17) is 4.42 Å². The SMILES string of the molecule is O=c1c2ccc(S(=O)(=O)c3cnc4occc4c3)cc2cnn1Cc1ccn[nH]1. The maximum Gasteiger partial charge on any atom is 0.274 e. The first-order chi connectivity index (χ1) is 14.0. The van der Waals surface area contributed by atoms with Gasteiger partial charge in [-0.15, -0.1) is 0 Å². The van der Waals surface area contributed by atoms with Crippen LogP contribution in [0.4, 0.5) is 0 Å². The van der Waals surface area contributed by atoms with Crippen LogP contribution in [0.2, 0.25) is 0 Å². The molecule has 4 aromatic heterocycles. The summed E-state index contributed by atoms with van der Waals surface area (Å²) in [6.07, 6.45) is 5.77. The molecule has 0 atom stereocenters. The Kier molecular flexibility index (Phi) is 3.81. The predicted molar refractivity (Wildman–Crippen MR) is 103 cm³/mol. The lowest BCUT2D eigenvalue weighted by molar-refractivity contribution is 0.594. The molecule has 0 fully saturated rings. The molecule has 0 radical (unpaired) electrons. The average molecular weight is 407 g/mol. The maximum absolute atomic E-state index is 13.0. The van der Waals surface area contributed by atoms with Gasteiger partial charge in [-0.2, -0.15) is 10.2 Å². The van der Waals surface area contributed by atoms with E-state index in [0.29, 0.717) is 21.9 Å². The Morgan fingerprint density at radius 2 is 1.90 bits per heavy atom. The van der Waals surface area contributed by atoms with Gasteiger partial charge in [-0.05, 0) is 36.4 Å². The third-order valence-electron chi connectivity index (χ3n) is 4.60. The Bertz CT molecular complexity index is 1520. The molecule has 0 aliphatic carbocycles. The minimum atomic E-state index is -3.82. The van der Waals surface area contributed by atoms with Crippen molar-refractivity contribution in [3.05, 3.63) is 77.3 Å². The third-order valence-corrected chi connectivity index (χ3v) is 6.32. The van der Waals surface area contributed by atoms with Crippen LogP contribution in [0.3, 0.4) is 0 Å². The van der Waals surface area contributed by atoms with Crippen LogP contribution in [-0.2, 0) is 16.4 Å². The van der Waals surface area contributed by atoms with Crippen LogP contribution in [0.25, 0.3) is 21.9 Å². The summed E-state index contributed by atoms with van der Waals surface area (Å²) in [7, 11) is -3.82. The van der Waals surface area contributed by atoms with E-state index in [1.54, 1.807) is 18.3 Å². The molecule has 0 saturated heterocycles. The number of sulfone groups is 1. The number of nitrogens with one attached hydrogen (secondary N) is 1. The van der Waals surface area contributed by atoms with Crippen molar-refractivity contribution in [3.63, 3.8) is 0 Å². The van der Waals surface area contributed by atoms with Gasteiger partial charge in [0.05, 0.1) is 39.9 Å². The van der Waals surface area contributed by atoms with Gasteiger partial charge in [-0.1, -0.05) is 0 Å². The van der Waals surface area contributed by atoms with Crippen molar-refractivity contribution in [1.82, 2.24) is 25.0 Å². The Morgan fingerprint density at radius 3 is 2.72 bits per heavy atom. The van der Waals surface area contributed by atoms with Crippen LogP contribution in [0.5, 0.6) is 0 Å². The fourth-order valence-electron chi connectivity index (χ4n) is 3.10. The van der Waals surface area contributed by atoms with Crippen LogP contribution in [0.1, 0.15) is 5.69 Å². The smallest absolute Gasteiger partial charge is 0.274 e. The molecule has 0 unspecified atom stereocenters. The zero-order valence-electron chi connectivity index (χ0n) is 14.8. The first-order valence-corrected chi connectivity index (χ1v) is 10.1. The molecule has 0 saturated carbocycles. The molecule has 0 amide bonds. The fourth-order valence-corrected chi connectivity index (χ4v) is 4.38. The Morgan fingerprint density at radius 1 is 1.03 bits per heavy atom. The molecule has 9 nitrogen and oxygen atoms in total. The van der Waals surface area contributed by atoms with E-state index in [9.17, 15) is 13.2 Å². The minimum Gasteiger partial charge on any atom is -0.446 e. The quantitative estimate of drug-likeness (QED) is 0.484. The number of fused-ring (bicyclic) bond motifs is 2. The van der Waals surface area contributed by atoms with Crippen molar-refractivity contribution in [3.8, 4) is 0 Å². The van der Waals surface area contributed by atoms with E-state index >= 15 is 0 Å². The summed E-state index contributed by atoms with van der Waals surface area (Å²) in [5.41, 5.74) is 0.785. The van der Waals surface area contributed by atoms with Crippen LogP contribution in [0.15, 0.2) is 80.3 Å². The molecule has 5 rings (SSSR count). The summed E-state index contributed by atoms with van der Waals surface area (Å²) in [4.78, 5) is 16.8. The summed E-state index contributed by atoms with van der Waals surface area (Å²) in [5, 5.41) is 12.2. The van der Waals surface area contributed by atoms with Crippen molar-refractivity contribution in [2.75, 3.05) is 0 Å². The topological polar surface area (TPSA) is 124 Å².